The van der Waals surface area contributed by atoms with E-state index in [4.69, 9.17) is 12.2 Å². The summed E-state index contributed by atoms with van der Waals surface area (Å²) in [6.07, 6.45) is 0. The van der Waals surface area contributed by atoms with Crippen molar-refractivity contribution in [1.82, 2.24) is 20.3 Å². The Balaban J connectivity index is 1.50. The fourth-order valence-electron chi connectivity index (χ4n) is 2.42. The molecule has 0 fully saturated rings. The minimum atomic E-state index is -0.319. The van der Waals surface area contributed by atoms with Crippen LogP contribution in [0.5, 0.6) is 0 Å². The van der Waals surface area contributed by atoms with Crippen molar-refractivity contribution < 1.29 is 9.18 Å². The van der Waals surface area contributed by atoms with Crippen LogP contribution >= 0.6 is 23.6 Å². The highest BCUT2D eigenvalue weighted by atomic mass is 32.1. The summed E-state index contributed by atoms with van der Waals surface area (Å²) in [5.74, 6) is -0.578. The van der Waals surface area contributed by atoms with Crippen LogP contribution in [-0.2, 0) is 0 Å². The number of carbonyl (C=O) groups is 1. The molecule has 0 saturated heterocycles. The largest absolute Gasteiger partial charge is 0.332 e. The molecular weight excluding hydrogens is 385 g/mol. The fraction of sp³-hybridized carbons (Fsp3) is 0. The lowest BCUT2D eigenvalue weighted by Crippen LogP contribution is -2.33. The molecule has 0 atom stereocenters. The Hall–Kier alpha value is -3.17. The summed E-state index contributed by atoms with van der Waals surface area (Å²) in [5.41, 5.74) is 2.64. The number of amides is 1. The van der Waals surface area contributed by atoms with Crippen LogP contribution in [0, 0.1) is 5.82 Å². The van der Waals surface area contributed by atoms with Crippen LogP contribution in [0.4, 0.5) is 10.1 Å². The van der Waals surface area contributed by atoms with Crippen LogP contribution in [-0.4, -0.2) is 26.0 Å². The van der Waals surface area contributed by atoms with Crippen LogP contribution in [0.15, 0.2) is 60.0 Å². The van der Waals surface area contributed by atoms with Gasteiger partial charge in [-0.3, -0.25) is 10.1 Å². The van der Waals surface area contributed by atoms with Crippen molar-refractivity contribution in [3.8, 4) is 5.69 Å². The Bertz CT molecular complexity index is 1120. The maximum absolute atomic E-state index is 13.1. The number of carbonyl (C=O) groups excluding carboxylic acids is 1. The zero-order chi connectivity index (χ0) is 18.8. The van der Waals surface area contributed by atoms with Crippen molar-refractivity contribution in [2.75, 3.05) is 5.32 Å². The Kier molecular flexibility index (Phi) is 4.61. The van der Waals surface area contributed by atoms with Crippen LogP contribution in [0.2, 0.25) is 0 Å². The molecule has 9 heteroatoms. The number of anilines is 1. The number of nitrogens with zero attached hydrogens (tertiary/aromatic N) is 3. The van der Waals surface area contributed by atoms with E-state index < -0.39 is 0 Å². The highest BCUT2D eigenvalue weighted by molar-refractivity contribution is 7.80. The summed E-state index contributed by atoms with van der Waals surface area (Å²) >= 11 is 6.53. The van der Waals surface area contributed by atoms with Crippen molar-refractivity contribution in [2.24, 2.45) is 0 Å². The molecule has 0 radical (unpaired) electrons. The molecule has 0 bridgehead atoms. The van der Waals surface area contributed by atoms with Gasteiger partial charge in [0.2, 0.25) is 0 Å². The molecule has 0 aliphatic carbocycles. The average Bonchev–Trinajstić information content (AvgIpc) is 3.31. The number of hydrogen-bond donors (Lipinski definition) is 2. The summed E-state index contributed by atoms with van der Waals surface area (Å²) in [4.78, 5) is 14.0. The molecule has 2 aromatic heterocycles. The molecule has 1 amide bonds. The van der Waals surface area contributed by atoms with E-state index in [1.807, 2.05) is 5.38 Å². The standard InChI is InChI=1S/C18H12FN5OS2/c19-11-3-6-13(7-4-11)24-22-14-8-5-12(10-15(14)23-24)20-18(26)21-17(25)16-2-1-9-27-16/h1-10H,(H2,20,21,25,26). The topological polar surface area (TPSA) is 71.8 Å². The number of thiophene rings is 1. The normalized spacial score (nSPS) is 10.7. The molecule has 0 aliphatic heterocycles. The number of fused-ring (bicyclic) bond motifs is 1. The van der Waals surface area contributed by atoms with Crippen molar-refractivity contribution in [1.29, 1.82) is 0 Å². The third-order valence-electron chi connectivity index (χ3n) is 3.67. The smallest absolute Gasteiger partial charge is 0.267 e. The fourth-order valence-corrected chi connectivity index (χ4v) is 3.25. The zero-order valence-electron chi connectivity index (χ0n) is 13.7. The van der Waals surface area contributed by atoms with Crippen LogP contribution in [0.3, 0.4) is 0 Å². The van der Waals surface area contributed by atoms with Gasteiger partial charge in [0, 0.05) is 5.69 Å². The first-order valence-electron chi connectivity index (χ1n) is 7.87. The molecule has 6 nitrogen and oxygen atoms in total. The predicted octanol–water partition coefficient (Wildman–Crippen LogP) is 3.75. The summed E-state index contributed by atoms with van der Waals surface area (Å²) in [5, 5.41) is 16.4. The zero-order valence-corrected chi connectivity index (χ0v) is 15.4. The Labute approximate surface area is 162 Å². The van der Waals surface area contributed by atoms with E-state index in [-0.39, 0.29) is 16.8 Å². The third kappa shape index (κ3) is 3.83. The van der Waals surface area contributed by atoms with E-state index in [2.05, 4.69) is 20.8 Å². The molecule has 0 unspecified atom stereocenters. The average molecular weight is 397 g/mol. The van der Waals surface area contributed by atoms with Gasteiger partial charge in [0.05, 0.1) is 10.6 Å². The molecule has 4 aromatic rings. The Morgan fingerprint density at radius 2 is 1.85 bits per heavy atom. The SMILES string of the molecule is O=C(NC(=S)Nc1ccc2nn(-c3ccc(F)cc3)nc2c1)c1cccs1. The maximum atomic E-state index is 13.1. The van der Waals surface area contributed by atoms with Gasteiger partial charge in [0.15, 0.2) is 5.11 Å². The second-order valence-corrected chi connectivity index (χ2v) is 6.91. The molecule has 2 aromatic carbocycles. The van der Waals surface area contributed by atoms with Crippen LogP contribution < -0.4 is 10.6 Å². The third-order valence-corrected chi connectivity index (χ3v) is 4.74. The van der Waals surface area contributed by atoms with E-state index in [9.17, 15) is 9.18 Å². The minimum Gasteiger partial charge on any atom is -0.332 e. The monoisotopic (exact) mass is 397 g/mol. The quantitative estimate of drug-likeness (QED) is 0.515. The predicted molar refractivity (Wildman–Crippen MR) is 107 cm³/mol. The highest BCUT2D eigenvalue weighted by Gasteiger charge is 2.10. The first kappa shape index (κ1) is 17.3. The molecule has 4 rings (SSSR count). The van der Waals surface area contributed by atoms with Crippen molar-refractivity contribution in [3.05, 3.63) is 70.7 Å². The van der Waals surface area contributed by atoms with Gasteiger partial charge in [-0.05, 0) is 66.1 Å². The minimum absolute atomic E-state index is 0.193. The summed E-state index contributed by atoms with van der Waals surface area (Å²) < 4.78 is 13.1. The number of thiocarbonyl (C=S) groups is 1. The lowest BCUT2D eigenvalue weighted by atomic mass is 10.3. The summed E-state index contributed by atoms with van der Waals surface area (Å²) in [6, 6.07) is 14.8. The molecule has 2 N–H and O–H groups in total. The van der Waals surface area contributed by atoms with Gasteiger partial charge in [0.25, 0.3) is 5.91 Å². The number of benzene rings is 2. The van der Waals surface area contributed by atoms with Gasteiger partial charge in [-0.1, -0.05) is 6.07 Å². The van der Waals surface area contributed by atoms with E-state index in [1.165, 1.54) is 28.3 Å². The van der Waals surface area contributed by atoms with Gasteiger partial charge in [-0.2, -0.15) is 4.80 Å². The lowest BCUT2D eigenvalue weighted by molar-refractivity contribution is 0.0981. The van der Waals surface area contributed by atoms with E-state index >= 15 is 0 Å². The number of nitrogens with one attached hydrogen (secondary N) is 2. The van der Waals surface area contributed by atoms with Crippen LogP contribution in [0.25, 0.3) is 16.7 Å². The van der Waals surface area contributed by atoms with Gasteiger partial charge in [0.1, 0.15) is 16.9 Å². The van der Waals surface area contributed by atoms with E-state index in [0.29, 0.717) is 27.3 Å². The number of rotatable bonds is 3. The second-order valence-electron chi connectivity index (χ2n) is 5.55. The first-order valence-corrected chi connectivity index (χ1v) is 9.16. The summed E-state index contributed by atoms with van der Waals surface area (Å²) in [7, 11) is 0. The molecule has 0 saturated carbocycles. The van der Waals surface area contributed by atoms with Gasteiger partial charge in [-0.25, -0.2) is 4.39 Å². The molecule has 0 aliphatic rings. The molecule has 2 heterocycles. The molecule has 27 heavy (non-hydrogen) atoms. The number of aromatic nitrogens is 3. The van der Waals surface area contributed by atoms with Crippen molar-refractivity contribution >= 4 is 51.3 Å². The van der Waals surface area contributed by atoms with Gasteiger partial charge in [-0.15, -0.1) is 21.5 Å². The Morgan fingerprint density at radius 3 is 2.59 bits per heavy atom. The second kappa shape index (κ2) is 7.22. The van der Waals surface area contributed by atoms with Crippen molar-refractivity contribution in [3.63, 3.8) is 0 Å². The maximum Gasteiger partial charge on any atom is 0.267 e. The van der Waals surface area contributed by atoms with Crippen molar-refractivity contribution in [2.45, 2.75) is 0 Å². The summed E-state index contributed by atoms with van der Waals surface area (Å²) in [6.45, 7) is 0. The van der Waals surface area contributed by atoms with Crippen LogP contribution in [0.1, 0.15) is 9.67 Å². The number of hydrogen-bond acceptors (Lipinski definition) is 5. The molecule has 0 spiro atoms. The number of halogens is 1. The lowest BCUT2D eigenvalue weighted by Gasteiger charge is -2.08. The Morgan fingerprint density at radius 1 is 1.07 bits per heavy atom. The van der Waals surface area contributed by atoms with E-state index in [0.717, 1.165) is 0 Å². The van der Waals surface area contributed by atoms with Gasteiger partial charge < -0.3 is 5.32 Å². The first-order chi connectivity index (χ1) is 13.1. The molecular formula is C18H12FN5OS2. The van der Waals surface area contributed by atoms with E-state index in [1.54, 1.807) is 42.5 Å². The van der Waals surface area contributed by atoms with Gasteiger partial charge >= 0.3 is 0 Å². The molecule has 134 valence electrons. The highest BCUT2D eigenvalue weighted by Crippen LogP contribution is 2.18.